The number of hydrogen-bond acceptors (Lipinski definition) is 4. The predicted octanol–water partition coefficient (Wildman–Crippen LogP) is 4.22. The van der Waals surface area contributed by atoms with Crippen molar-refractivity contribution in [2.24, 2.45) is 0 Å². The summed E-state index contributed by atoms with van der Waals surface area (Å²) in [7, 11) is 0. The summed E-state index contributed by atoms with van der Waals surface area (Å²) in [5.74, 6) is 0.266. The fraction of sp³-hybridized carbons (Fsp3) is 0.0714. The van der Waals surface area contributed by atoms with E-state index in [9.17, 15) is 10.1 Å². The molecule has 0 aliphatic carbocycles. The molecule has 0 radical (unpaired) electrons. The van der Waals surface area contributed by atoms with E-state index in [1.807, 2.05) is 6.07 Å². The van der Waals surface area contributed by atoms with E-state index in [4.69, 9.17) is 21.6 Å². The van der Waals surface area contributed by atoms with Crippen molar-refractivity contribution >= 4 is 17.3 Å². The van der Waals surface area contributed by atoms with Crippen LogP contribution in [-0.4, -0.2) is 4.92 Å². The van der Waals surface area contributed by atoms with Crippen LogP contribution in [0, 0.1) is 28.4 Å². The van der Waals surface area contributed by atoms with E-state index >= 15 is 0 Å². The largest absolute Gasteiger partial charge is 0.449 e. The van der Waals surface area contributed by atoms with E-state index in [1.54, 1.807) is 25.1 Å². The molecular weight excluding hydrogens is 280 g/mol. The summed E-state index contributed by atoms with van der Waals surface area (Å²) < 4.78 is 5.51. The van der Waals surface area contributed by atoms with Crippen molar-refractivity contribution in [2.75, 3.05) is 0 Å². The van der Waals surface area contributed by atoms with Crippen LogP contribution in [0.4, 0.5) is 5.69 Å². The van der Waals surface area contributed by atoms with Crippen LogP contribution in [0.3, 0.4) is 0 Å². The SMILES string of the molecule is Cc1cccc(Oc2cc(Cl)ccc2C#N)c1[N+](=O)[O-]. The molecule has 0 atom stereocenters. The highest BCUT2D eigenvalue weighted by Crippen LogP contribution is 2.35. The average Bonchev–Trinajstić information content (AvgIpc) is 2.38. The molecule has 5 nitrogen and oxygen atoms in total. The van der Waals surface area contributed by atoms with Gasteiger partial charge in [-0.25, -0.2) is 0 Å². The van der Waals surface area contributed by atoms with Gasteiger partial charge in [-0.05, 0) is 25.1 Å². The number of rotatable bonds is 3. The molecular formula is C14H9ClN2O3. The van der Waals surface area contributed by atoms with E-state index in [-0.39, 0.29) is 22.7 Å². The molecule has 0 bridgehead atoms. The number of nitro benzene ring substituents is 1. The topological polar surface area (TPSA) is 76.2 Å². The van der Waals surface area contributed by atoms with Crippen molar-refractivity contribution in [2.45, 2.75) is 6.92 Å². The second kappa shape index (κ2) is 5.59. The van der Waals surface area contributed by atoms with Crippen molar-refractivity contribution in [3.8, 4) is 17.6 Å². The van der Waals surface area contributed by atoms with Gasteiger partial charge < -0.3 is 4.74 Å². The zero-order chi connectivity index (χ0) is 14.7. The van der Waals surface area contributed by atoms with Crippen molar-refractivity contribution in [1.29, 1.82) is 5.26 Å². The normalized spacial score (nSPS) is 9.85. The molecule has 6 heteroatoms. The maximum absolute atomic E-state index is 11.1. The minimum absolute atomic E-state index is 0.0776. The quantitative estimate of drug-likeness (QED) is 0.626. The summed E-state index contributed by atoms with van der Waals surface area (Å²) in [6.45, 7) is 1.62. The zero-order valence-corrected chi connectivity index (χ0v) is 11.2. The van der Waals surface area contributed by atoms with Crippen LogP contribution in [0.25, 0.3) is 0 Å². The Labute approximate surface area is 120 Å². The summed E-state index contributed by atoms with van der Waals surface area (Å²) >= 11 is 5.85. The number of hydrogen-bond donors (Lipinski definition) is 0. The minimum Gasteiger partial charge on any atom is -0.449 e. The monoisotopic (exact) mass is 288 g/mol. The van der Waals surface area contributed by atoms with E-state index in [0.717, 1.165) is 0 Å². The Bertz CT molecular complexity index is 723. The first-order valence-corrected chi connectivity index (χ1v) is 6.02. The number of ether oxygens (including phenoxy) is 1. The molecule has 0 amide bonds. The van der Waals surface area contributed by atoms with Gasteiger partial charge in [-0.3, -0.25) is 10.1 Å². The van der Waals surface area contributed by atoms with Gasteiger partial charge in [-0.1, -0.05) is 23.7 Å². The maximum Gasteiger partial charge on any atom is 0.314 e. The average molecular weight is 289 g/mol. The Morgan fingerprint density at radius 1 is 1.30 bits per heavy atom. The van der Waals surface area contributed by atoms with Crippen molar-refractivity contribution < 1.29 is 9.66 Å². The van der Waals surface area contributed by atoms with Gasteiger partial charge in [0.05, 0.1) is 10.5 Å². The van der Waals surface area contributed by atoms with Crippen molar-refractivity contribution in [3.05, 3.63) is 62.7 Å². The summed E-state index contributed by atoms with van der Waals surface area (Å²) in [4.78, 5) is 10.6. The van der Waals surface area contributed by atoms with Gasteiger partial charge in [-0.2, -0.15) is 5.26 Å². The van der Waals surface area contributed by atoms with Gasteiger partial charge in [0.2, 0.25) is 5.75 Å². The molecule has 20 heavy (non-hydrogen) atoms. The third kappa shape index (κ3) is 2.71. The fourth-order valence-electron chi connectivity index (χ4n) is 1.74. The molecule has 0 aromatic heterocycles. The molecule has 0 N–H and O–H groups in total. The van der Waals surface area contributed by atoms with Crippen LogP contribution in [0.15, 0.2) is 36.4 Å². The van der Waals surface area contributed by atoms with E-state index in [0.29, 0.717) is 10.6 Å². The van der Waals surface area contributed by atoms with Gasteiger partial charge in [0, 0.05) is 16.7 Å². The Morgan fingerprint density at radius 3 is 2.70 bits per heavy atom. The Balaban J connectivity index is 2.51. The smallest absolute Gasteiger partial charge is 0.314 e. The van der Waals surface area contributed by atoms with Crippen LogP contribution in [-0.2, 0) is 0 Å². The lowest BCUT2D eigenvalue weighted by atomic mass is 10.2. The van der Waals surface area contributed by atoms with E-state index in [1.165, 1.54) is 18.2 Å². The minimum atomic E-state index is -0.513. The number of nitrogens with zero attached hydrogens (tertiary/aromatic N) is 2. The van der Waals surface area contributed by atoms with Gasteiger partial charge >= 0.3 is 5.69 Å². The number of para-hydroxylation sites is 1. The predicted molar refractivity (Wildman–Crippen MR) is 74.1 cm³/mol. The number of nitro groups is 1. The highest BCUT2D eigenvalue weighted by Gasteiger charge is 2.19. The van der Waals surface area contributed by atoms with Crippen LogP contribution >= 0.6 is 11.6 Å². The number of benzene rings is 2. The number of halogens is 1. The second-order valence-electron chi connectivity index (χ2n) is 4.03. The molecule has 0 saturated heterocycles. The third-order valence-electron chi connectivity index (χ3n) is 2.67. The van der Waals surface area contributed by atoms with Crippen LogP contribution in [0.1, 0.15) is 11.1 Å². The molecule has 0 spiro atoms. The zero-order valence-electron chi connectivity index (χ0n) is 10.5. The van der Waals surface area contributed by atoms with Gasteiger partial charge in [0.1, 0.15) is 11.8 Å². The summed E-state index contributed by atoms with van der Waals surface area (Å²) in [5.41, 5.74) is 0.606. The molecule has 0 aliphatic rings. The molecule has 0 saturated carbocycles. The van der Waals surface area contributed by atoms with E-state index < -0.39 is 4.92 Å². The summed E-state index contributed by atoms with van der Waals surface area (Å²) in [6.07, 6.45) is 0. The highest BCUT2D eigenvalue weighted by molar-refractivity contribution is 6.30. The first-order valence-electron chi connectivity index (χ1n) is 5.64. The number of aryl methyl sites for hydroxylation is 1. The van der Waals surface area contributed by atoms with Crippen LogP contribution < -0.4 is 4.74 Å². The van der Waals surface area contributed by atoms with Gasteiger partial charge in [0.25, 0.3) is 0 Å². The van der Waals surface area contributed by atoms with Gasteiger partial charge in [-0.15, -0.1) is 0 Å². The lowest BCUT2D eigenvalue weighted by molar-refractivity contribution is -0.386. The molecule has 0 heterocycles. The van der Waals surface area contributed by atoms with Crippen molar-refractivity contribution in [1.82, 2.24) is 0 Å². The van der Waals surface area contributed by atoms with Gasteiger partial charge in [0.15, 0.2) is 0 Å². The third-order valence-corrected chi connectivity index (χ3v) is 2.90. The Hall–Kier alpha value is -2.58. The van der Waals surface area contributed by atoms with Crippen LogP contribution in [0.2, 0.25) is 5.02 Å². The Morgan fingerprint density at radius 2 is 2.05 bits per heavy atom. The first-order chi connectivity index (χ1) is 9.52. The molecule has 0 unspecified atom stereocenters. The second-order valence-corrected chi connectivity index (χ2v) is 4.47. The summed E-state index contributed by atoms with van der Waals surface area (Å²) in [6, 6.07) is 11.2. The highest BCUT2D eigenvalue weighted by atomic mass is 35.5. The molecule has 2 rings (SSSR count). The maximum atomic E-state index is 11.1. The molecule has 100 valence electrons. The molecule has 0 aliphatic heterocycles. The molecule has 0 fully saturated rings. The standard InChI is InChI=1S/C14H9ClN2O3/c1-9-3-2-4-12(14(9)17(18)19)20-13-7-11(15)6-5-10(13)8-16/h2-7H,1H3. The Kier molecular flexibility index (Phi) is 3.87. The first kappa shape index (κ1) is 13.8. The van der Waals surface area contributed by atoms with E-state index in [2.05, 4.69) is 0 Å². The van der Waals surface area contributed by atoms with Crippen molar-refractivity contribution in [3.63, 3.8) is 0 Å². The molecule has 2 aromatic rings. The number of nitriles is 1. The molecule has 2 aromatic carbocycles. The van der Waals surface area contributed by atoms with Crippen LogP contribution in [0.5, 0.6) is 11.5 Å². The lowest BCUT2D eigenvalue weighted by Gasteiger charge is -2.09. The lowest BCUT2D eigenvalue weighted by Crippen LogP contribution is -1.97. The fourth-order valence-corrected chi connectivity index (χ4v) is 1.90. The summed E-state index contributed by atoms with van der Waals surface area (Å²) in [5, 5.41) is 20.5.